The fourth-order valence-corrected chi connectivity index (χ4v) is 3.68. The molecule has 134 valence electrons. The van der Waals surface area contributed by atoms with Gasteiger partial charge in [-0.15, -0.1) is 0 Å². The first-order valence-corrected chi connectivity index (χ1v) is 9.83. The summed E-state index contributed by atoms with van der Waals surface area (Å²) in [6.45, 7) is 4.20. The van der Waals surface area contributed by atoms with Crippen LogP contribution in [0.2, 0.25) is 0 Å². The lowest BCUT2D eigenvalue weighted by Gasteiger charge is -2.25. The molecule has 0 fully saturated rings. The van der Waals surface area contributed by atoms with Gasteiger partial charge in [-0.2, -0.15) is 0 Å². The maximum atomic E-state index is 12.2. The van der Waals surface area contributed by atoms with Gasteiger partial charge in [0.05, 0.1) is 11.9 Å². The number of anilines is 1. The highest BCUT2D eigenvalue weighted by Gasteiger charge is 2.21. The minimum Gasteiger partial charge on any atom is -0.352 e. The second kappa shape index (κ2) is 8.11. The molecule has 7 heteroatoms. The number of hydrogen-bond acceptors (Lipinski definition) is 4. The molecule has 0 radical (unpaired) electrons. The first kappa shape index (κ1) is 18.9. The molecule has 0 atom stereocenters. The molecular weight excluding hydrogens is 338 g/mol. The Bertz CT molecular complexity index is 816. The lowest BCUT2D eigenvalue weighted by Crippen LogP contribution is -2.35. The van der Waals surface area contributed by atoms with Gasteiger partial charge in [0.2, 0.25) is 15.9 Å². The zero-order valence-electron chi connectivity index (χ0n) is 14.7. The second-order valence-corrected chi connectivity index (χ2v) is 7.87. The van der Waals surface area contributed by atoms with Gasteiger partial charge in [0.15, 0.2) is 0 Å². The number of aromatic nitrogens is 1. The Morgan fingerprint density at radius 3 is 2.40 bits per heavy atom. The number of carbonyl (C=O) groups is 1. The number of amides is 1. The summed E-state index contributed by atoms with van der Waals surface area (Å²) < 4.78 is 25.7. The Labute approximate surface area is 148 Å². The Morgan fingerprint density at radius 1 is 1.16 bits per heavy atom. The van der Waals surface area contributed by atoms with E-state index >= 15 is 0 Å². The van der Waals surface area contributed by atoms with Gasteiger partial charge in [-0.05, 0) is 36.6 Å². The molecule has 6 nitrogen and oxygen atoms in total. The van der Waals surface area contributed by atoms with Crippen LogP contribution in [0.25, 0.3) is 0 Å². The van der Waals surface area contributed by atoms with Crippen molar-refractivity contribution in [1.29, 1.82) is 0 Å². The molecule has 0 bridgehead atoms. The highest BCUT2D eigenvalue weighted by molar-refractivity contribution is 7.92. The fourth-order valence-electron chi connectivity index (χ4n) is 2.64. The number of hydrogen-bond donors (Lipinski definition) is 1. The van der Waals surface area contributed by atoms with Gasteiger partial charge >= 0.3 is 0 Å². The van der Waals surface area contributed by atoms with Crippen LogP contribution < -0.4 is 9.62 Å². The first-order valence-electron chi connectivity index (χ1n) is 7.98. The van der Waals surface area contributed by atoms with Crippen molar-refractivity contribution in [1.82, 2.24) is 10.3 Å². The molecule has 1 heterocycles. The van der Waals surface area contributed by atoms with E-state index in [1.54, 1.807) is 18.5 Å². The summed E-state index contributed by atoms with van der Waals surface area (Å²) in [6, 6.07) is 9.28. The first-order chi connectivity index (χ1) is 11.8. The number of nitrogens with one attached hydrogen (secondary N) is 1. The van der Waals surface area contributed by atoms with E-state index in [2.05, 4.69) is 10.3 Å². The average Bonchev–Trinajstić information content (AvgIpc) is 2.55. The quantitative estimate of drug-likeness (QED) is 0.820. The van der Waals surface area contributed by atoms with Crippen molar-refractivity contribution < 1.29 is 13.2 Å². The van der Waals surface area contributed by atoms with Crippen LogP contribution in [0.1, 0.15) is 23.1 Å². The second-order valence-electron chi connectivity index (χ2n) is 5.96. The Balaban J connectivity index is 2.05. The summed E-state index contributed by atoms with van der Waals surface area (Å²) in [7, 11) is -3.48. The van der Waals surface area contributed by atoms with E-state index in [-0.39, 0.29) is 18.9 Å². The number of pyridine rings is 1. The number of aryl methyl sites for hydroxylation is 2. The zero-order chi connectivity index (χ0) is 18.4. The topological polar surface area (TPSA) is 79.4 Å². The lowest BCUT2D eigenvalue weighted by molar-refractivity contribution is -0.121. The van der Waals surface area contributed by atoms with Crippen molar-refractivity contribution in [3.63, 3.8) is 0 Å². The minimum absolute atomic E-state index is 0.0844. The summed E-state index contributed by atoms with van der Waals surface area (Å²) in [6.07, 6.45) is 4.59. The monoisotopic (exact) mass is 361 g/mol. The third-order valence-electron chi connectivity index (χ3n) is 3.84. The van der Waals surface area contributed by atoms with Gasteiger partial charge in [0, 0.05) is 31.9 Å². The number of sulfonamides is 1. The Morgan fingerprint density at radius 2 is 1.84 bits per heavy atom. The summed E-state index contributed by atoms with van der Waals surface area (Å²) in [5.74, 6) is -0.205. The standard InChI is InChI=1S/C18H23N3O3S/c1-14-6-4-7-15(2)18(14)21(25(3,23)24)11-9-17(22)20-13-16-8-5-10-19-12-16/h4-8,10,12H,9,11,13H2,1-3H3,(H,20,22). The van der Waals surface area contributed by atoms with Crippen molar-refractivity contribution in [3.8, 4) is 0 Å². The number of benzene rings is 1. The lowest BCUT2D eigenvalue weighted by atomic mass is 10.1. The van der Waals surface area contributed by atoms with Crippen LogP contribution in [-0.4, -0.2) is 32.1 Å². The Kier molecular flexibility index (Phi) is 6.14. The highest BCUT2D eigenvalue weighted by atomic mass is 32.2. The molecule has 25 heavy (non-hydrogen) atoms. The van der Waals surface area contributed by atoms with Gasteiger partial charge < -0.3 is 5.32 Å². The molecule has 0 aliphatic heterocycles. The molecule has 0 aliphatic carbocycles. The molecule has 0 spiro atoms. The SMILES string of the molecule is Cc1cccc(C)c1N(CCC(=O)NCc1cccnc1)S(C)(=O)=O. The van der Waals surface area contributed by atoms with E-state index in [9.17, 15) is 13.2 Å². The molecule has 2 rings (SSSR count). The van der Waals surface area contributed by atoms with Crippen molar-refractivity contribution in [3.05, 3.63) is 59.4 Å². The number of para-hydroxylation sites is 1. The normalized spacial score (nSPS) is 11.2. The molecule has 0 saturated heterocycles. The average molecular weight is 361 g/mol. The molecule has 1 N–H and O–H groups in total. The summed E-state index contributed by atoms with van der Waals surface area (Å²) in [5, 5.41) is 2.79. The molecule has 1 aromatic heterocycles. The molecule has 0 unspecified atom stereocenters. The van der Waals surface area contributed by atoms with Crippen LogP contribution in [0, 0.1) is 13.8 Å². The van der Waals surface area contributed by atoms with Crippen LogP contribution >= 0.6 is 0 Å². The largest absolute Gasteiger partial charge is 0.352 e. The van der Waals surface area contributed by atoms with E-state index in [1.807, 2.05) is 38.1 Å². The predicted octanol–water partition coefficient (Wildman–Crippen LogP) is 2.17. The van der Waals surface area contributed by atoms with Crippen LogP contribution in [-0.2, 0) is 21.4 Å². The summed E-state index contributed by atoms with van der Waals surface area (Å²) >= 11 is 0. The molecule has 2 aromatic rings. The maximum absolute atomic E-state index is 12.2. The fraction of sp³-hybridized carbons (Fsp3) is 0.333. The third-order valence-corrected chi connectivity index (χ3v) is 5.01. The number of rotatable bonds is 7. The number of nitrogens with zero attached hydrogens (tertiary/aromatic N) is 2. The van der Waals surface area contributed by atoms with Gasteiger partial charge in [-0.1, -0.05) is 24.3 Å². The van der Waals surface area contributed by atoms with Crippen LogP contribution in [0.15, 0.2) is 42.7 Å². The van der Waals surface area contributed by atoms with Crippen LogP contribution in [0.5, 0.6) is 0 Å². The van der Waals surface area contributed by atoms with Crippen molar-refractivity contribution in [2.75, 3.05) is 17.1 Å². The predicted molar refractivity (Wildman–Crippen MR) is 98.8 cm³/mol. The highest BCUT2D eigenvalue weighted by Crippen LogP contribution is 2.26. The van der Waals surface area contributed by atoms with Gasteiger partial charge in [-0.3, -0.25) is 14.1 Å². The van der Waals surface area contributed by atoms with Gasteiger partial charge in [-0.25, -0.2) is 8.42 Å². The smallest absolute Gasteiger partial charge is 0.232 e. The van der Waals surface area contributed by atoms with E-state index in [1.165, 1.54) is 4.31 Å². The van der Waals surface area contributed by atoms with Crippen molar-refractivity contribution >= 4 is 21.6 Å². The van der Waals surface area contributed by atoms with E-state index in [4.69, 9.17) is 0 Å². The van der Waals surface area contributed by atoms with E-state index in [0.29, 0.717) is 12.2 Å². The minimum atomic E-state index is -3.48. The van der Waals surface area contributed by atoms with Crippen molar-refractivity contribution in [2.24, 2.45) is 0 Å². The zero-order valence-corrected chi connectivity index (χ0v) is 15.5. The molecule has 0 aliphatic rings. The van der Waals surface area contributed by atoms with Crippen molar-refractivity contribution in [2.45, 2.75) is 26.8 Å². The summed E-state index contributed by atoms with van der Waals surface area (Å²) in [5.41, 5.74) is 3.26. The summed E-state index contributed by atoms with van der Waals surface area (Å²) in [4.78, 5) is 16.1. The Hall–Kier alpha value is -2.41. The maximum Gasteiger partial charge on any atom is 0.232 e. The van der Waals surface area contributed by atoms with Crippen LogP contribution in [0.3, 0.4) is 0 Å². The molecular formula is C18H23N3O3S. The van der Waals surface area contributed by atoms with Crippen LogP contribution in [0.4, 0.5) is 5.69 Å². The van der Waals surface area contributed by atoms with Gasteiger partial charge in [0.25, 0.3) is 0 Å². The van der Waals surface area contributed by atoms with Gasteiger partial charge in [0.1, 0.15) is 0 Å². The molecule has 1 aromatic carbocycles. The molecule has 0 saturated carbocycles. The van der Waals surface area contributed by atoms with E-state index < -0.39 is 10.0 Å². The number of carbonyl (C=O) groups excluding carboxylic acids is 1. The van der Waals surface area contributed by atoms with E-state index in [0.717, 1.165) is 22.9 Å². The third kappa shape index (κ3) is 5.29. The molecule has 1 amide bonds.